The predicted molar refractivity (Wildman–Crippen MR) is 143 cm³/mol. The van der Waals surface area contributed by atoms with E-state index in [-0.39, 0.29) is 17.7 Å². The molecule has 1 aliphatic rings. The van der Waals surface area contributed by atoms with Crippen molar-refractivity contribution < 1.29 is 12.8 Å². The molecule has 0 saturated heterocycles. The summed E-state index contributed by atoms with van der Waals surface area (Å²) >= 11 is 0. The Hall–Kier alpha value is -2.44. The van der Waals surface area contributed by atoms with Crippen molar-refractivity contribution in [1.82, 2.24) is 8.87 Å². The maximum Gasteiger partial charge on any atom is 0.268 e. The summed E-state index contributed by atoms with van der Waals surface area (Å²) in [5.41, 5.74) is 5.20. The largest absolute Gasteiger partial charge is 0.302 e. The van der Waals surface area contributed by atoms with Crippen LogP contribution < -0.4 is 0 Å². The Balaban J connectivity index is 2.03. The smallest absolute Gasteiger partial charge is 0.268 e. The molecule has 1 aliphatic heterocycles. The molecular weight excluding hydrogens is 459 g/mol. The van der Waals surface area contributed by atoms with E-state index in [1.165, 1.54) is 16.1 Å². The second-order valence-corrected chi connectivity index (χ2v) is 12.5. The van der Waals surface area contributed by atoms with Crippen LogP contribution >= 0.6 is 0 Å². The van der Waals surface area contributed by atoms with Crippen molar-refractivity contribution in [2.75, 3.05) is 20.1 Å². The van der Waals surface area contributed by atoms with Gasteiger partial charge in [-0.05, 0) is 71.7 Å². The molecule has 0 radical (unpaired) electrons. The molecule has 0 aliphatic carbocycles. The van der Waals surface area contributed by atoms with E-state index in [4.69, 9.17) is 0 Å². The van der Waals surface area contributed by atoms with Gasteiger partial charge in [-0.15, -0.1) is 0 Å². The normalized spacial score (nSPS) is 15.6. The SMILES string of the molecule is CC(C)c1cc(C(C)C)c(S(=O)(=O)n2cc(C3=CCN(C)CC3)c3cc(F)ccc32)c(C(C)C)c1. The fourth-order valence-electron chi connectivity index (χ4n) is 4.93. The highest BCUT2D eigenvalue weighted by molar-refractivity contribution is 7.90. The van der Waals surface area contributed by atoms with Crippen LogP contribution in [0.15, 0.2) is 47.5 Å². The molecule has 4 rings (SSSR count). The maximum atomic E-state index is 14.5. The second kappa shape index (κ2) is 9.55. The van der Waals surface area contributed by atoms with E-state index in [2.05, 4.69) is 44.0 Å². The number of likely N-dealkylation sites (N-methyl/N-ethyl adjacent to an activating group) is 1. The van der Waals surface area contributed by atoms with Crippen molar-refractivity contribution in [2.24, 2.45) is 0 Å². The van der Waals surface area contributed by atoms with E-state index >= 15 is 0 Å². The fourth-order valence-corrected chi connectivity index (χ4v) is 6.97. The lowest BCUT2D eigenvalue weighted by molar-refractivity contribution is 0.370. The van der Waals surface area contributed by atoms with Gasteiger partial charge in [0.15, 0.2) is 0 Å². The van der Waals surface area contributed by atoms with Crippen molar-refractivity contribution in [3.63, 3.8) is 0 Å². The van der Waals surface area contributed by atoms with Gasteiger partial charge in [-0.25, -0.2) is 16.8 Å². The molecule has 2 aromatic carbocycles. The van der Waals surface area contributed by atoms with Crippen molar-refractivity contribution in [1.29, 1.82) is 0 Å². The summed E-state index contributed by atoms with van der Waals surface area (Å²) in [5.74, 6) is -0.00725. The Labute approximate surface area is 209 Å². The number of halogens is 1. The molecule has 35 heavy (non-hydrogen) atoms. The van der Waals surface area contributed by atoms with Crippen molar-refractivity contribution in [2.45, 2.75) is 70.6 Å². The molecule has 3 aromatic rings. The number of aromatic nitrogens is 1. The average molecular weight is 497 g/mol. The first-order valence-electron chi connectivity index (χ1n) is 12.5. The van der Waals surface area contributed by atoms with Gasteiger partial charge in [0.1, 0.15) is 5.82 Å². The summed E-state index contributed by atoms with van der Waals surface area (Å²) in [6.45, 7) is 14.1. The van der Waals surface area contributed by atoms with Crippen LogP contribution in [0.5, 0.6) is 0 Å². The third-order valence-electron chi connectivity index (χ3n) is 7.09. The average Bonchev–Trinajstić information content (AvgIpc) is 3.18. The minimum Gasteiger partial charge on any atom is -0.302 e. The van der Waals surface area contributed by atoms with Crippen molar-refractivity contribution in [3.05, 3.63) is 70.7 Å². The number of hydrogen-bond donors (Lipinski definition) is 0. The zero-order valence-corrected chi connectivity index (χ0v) is 22.7. The van der Waals surface area contributed by atoms with Gasteiger partial charge in [0.25, 0.3) is 10.0 Å². The molecular formula is C29H37FN2O2S. The first-order chi connectivity index (χ1) is 16.4. The van der Waals surface area contributed by atoms with Crippen LogP contribution in [-0.2, 0) is 10.0 Å². The Kier molecular flexibility index (Phi) is 7.00. The zero-order chi connectivity index (χ0) is 25.7. The molecule has 4 nitrogen and oxygen atoms in total. The van der Waals surface area contributed by atoms with Gasteiger partial charge >= 0.3 is 0 Å². The molecule has 0 saturated carbocycles. The number of nitrogens with zero attached hydrogens (tertiary/aromatic N) is 2. The summed E-state index contributed by atoms with van der Waals surface area (Å²) in [6, 6.07) is 8.51. The highest BCUT2D eigenvalue weighted by Gasteiger charge is 2.30. The van der Waals surface area contributed by atoms with Crippen molar-refractivity contribution >= 4 is 26.5 Å². The van der Waals surface area contributed by atoms with E-state index < -0.39 is 10.0 Å². The molecule has 6 heteroatoms. The van der Waals surface area contributed by atoms with Gasteiger partial charge in [-0.1, -0.05) is 59.8 Å². The summed E-state index contributed by atoms with van der Waals surface area (Å²) in [7, 11) is -1.89. The molecule has 0 amide bonds. The van der Waals surface area contributed by atoms with E-state index in [1.807, 2.05) is 27.7 Å². The minimum absolute atomic E-state index is 0.0336. The molecule has 1 aromatic heterocycles. The van der Waals surface area contributed by atoms with Gasteiger partial charge in [-0.3, -0.25) is 0 Å². The highest BCUT2D eigenvalue weighted by Crippen LogP contribution is 2.39. The fraction of sp³-hybridized carbons (Fsp3) is 0.448. The topological polar surface area (TPSA) is 42.3 Å². The summed E-state index contributed by atoms with van der Waals surface area (Å²) in [5, 5.41) is 0.639. The zero-order valence-electron chi connectivity index (χ0n) is 21.9. The van der Waals surface area contributed by atoms with Gasteiger partial charge in [0, 0.05) is 30.2 Å². The number of hydrogen-bond acceptors (Lipinski definition) is 3. The Morgan fingerprint density at radius 2 is 1.54 bits per heavy atom. The highest BCUT2D eigenvalue weighted by atomic mass is 32.2. The van der Waals surface area contributed by atoms with Crippen LogP contribution in [0.1, 0.15) is 88.0 Å². The van der Waals surface area contributed by atoms with Crippen LogP contribution in [0.2, 0.25) is 0 Å². The van der Waals surface area contributed by atoms with Gasteiger partial charge in [0.05, 0.1) is 10.4 Å². The predicted octanol–water partition coefficient (Wildman–Crippen LogP) is 7.11. The van der Waals surface area contributed by atoms with Crippen molar-refractivity contribution in [3.8, 4) is 0 Å². The van der Waals surface area contributed by atoms with Crippen LogP contribution in [0, 0.1) is 5.82 Å². The first-order valence-corrected chi connectivity index (χ1v) is 14.0. The maximum absolute atomic E-state index is 14.5. The number of fused-ring (bicyclic) bond motifs is 1. The molecule has 0 spiro atoms. The molecule has 0 fully saturated rings. The van der Waals surface area contributed by atoms with Crippen LogP contribution in [-0.4, -0.2) is 37.4 Å². The van der Waals surface area contributed by atoms with E-state index in [9.17, 15) is 12.8 Å². The van der Waals surface area contributed by atoms with E-state index in [0.29, 0.717) is 21.7 Å². The number of benzene rings is 2. The minimum atomic E-state index is -3.94. The van der Waals surface area contributed by atoms with E-state index in [1.54, 1.807) is 12.3 Å². The Bertz CT molecular complexity index is 1370. The lowest BCUT2D eigenvalue weighted by Gasteiger charge is -2.23. The summed E-state index contributed by atoms with van der Waals surface area (Å²) in [6.07, 6.45) is 4.63. The van der Waals surface area contributed by atoms with Gasteiger partial charge < -0.3 is 4.90 Å². The Morgan fingerprint density at radius 1 is 0.914 bits per heavy atom. The molecule has 0 N–H and O–H groups in total. The van der Waals surface area contributed by atoms with Gasteiger partial charge in [-0.2, -0.15) is 0 Å². The molecule has 188 valence electrons. The third kappa shape index (κ3) is 4.70. The lowest BCUT2D eigenvalue weighted by atomic mass is 9.89. The number of rotatable bonds is 6. The van der Waals surface area contributed by atoms with Crippen LogP contribution in [0.4, 0.5) is 4.39 Å². The van der Waals surface area contributed by atoms with Crippen LogP contribution in [0.3, 0.4) is 0 Å². The third-order valence-corrected chi connectivity index (χ3v) is 8.89. The van der Waals surface area contributed by atoms with Crippen LogP contribution in [0.25, 0.3) is 16.5 Å². The molecule has 2 heterocycles. The summed E-state index contributed by atoms with van der Waals surface area (Å²) in [4.78, 5) is 2.59. The molecule has 0 unspecified atom stereocenters. The summed E-state index contributed by atoms with van der Waals surface area (Å²) < 4.78 is 44.6. The standard InChI is InChI=1S/C29H37FN2O2S/c1-18(2)22-14-24(19(3)4)29(25(15-22)20(5)6)35(33,34)32-17-27(21-10-12-31(7)13-11-21)26-16-23(30)8-9-28(26)32/h8-10,14-20H,11-13H2,1-7H3. The lowest BCUT2D eigenvalue weighted by Crippen LogP contribution is -2.23. The quantitative estimate of drug-likeness (QED) is 0.365. The van der Waals surface area contributed by atoms with Gasteiger partial charge in [0.2, 0.25) is 0 Å². The molecule has 0 atom stereocenters. The monoisotopic (exact) mass is 496 g/mol. The molecule has 0 bridgehead atoms. The first kappa shape index (κ1) is 25.6. The van der Waals surface area contributed by atoms with E-state index in [0.717, 1.165) is 47.3 Å². The Morgan fingerprint density at radius 3 is 2.06 bits per heavy atom. The second-order valence-electron chi connectivity index (χ2n) is 10.7.